The van der Waals surface area contributed by atoms with E-state index in [1.807, 2.05) is 14.1 Å². The number of nitrogens with zero attached hydrogens (tertiary/aromatic N) is 3. The first-order valence-electron chi connectivity index (χ1n) is 4.31. The van der Waals surface area contributed by atoms with Crippen LogP contribution in [-0.4, -0.2) is 28.4 Å². The van der Waals surface area contributed by atoms with Gasteiger partial charge in [0.05, 0.1) is 0 Å². The second-order valence-corrected chi connectivity index (χ2v) is 2.80. The predicted molar refractivity (Wildman–Crippen MR) is 48.0 cm³/mol. The second-order valence-electron chi connectivity index (χ2n) is 2.80. The van der Waals surface area contributed by atoms with E-state index in [-0.39, 0.29) is 0 Å². The van der Waals surface area contributed by atoms with E-state index in [1.165, 1.54) is 0 Å². The molecule has 0 fully saturated rings. The second kappa shape index (κ2) is 4.21. The van der Waals surface area contributed by atoms with Gasteiger partial charge in [-0.2, -0.15) is 0 Å². The van der Waals surface area contributed by atoms with Crippen molar-refractivity contribution in [1.29, 1.82) is 0 Å². The Labute approximate surface area is 73.0 Å². The Morgan fingerprint density at radius 1 is 1.33 bits per heavy atom. The lowest BCUT2D eigenvalue weighted by molar-refractivity contribution is 0.702. The van der Waals surface area contributed by atoms with Gasteiger partial charge in [0.25, 0.3) is 0 Å². The van der Waals surface area contributed by atoms with Crippen molar-refractivity contribution in [2.24, 2.45) is 7.05 Å². The van der Waals surface area contributed by atoms with Gasteiger partial charge in [-0.1, -0.05) is 6.92 Å². The Kier molecular flexibility index (Phi) is 3.22. The maximum atomic E-state index is 4.10. The molecule has 0 amide bonds. The molecule has 0 bridgehead atoms. The Hall–Kier alpha value is -0.900. The van der Waals surface area contributed by atoms with E-state index in [2.05, 4.69) is 27.0 Å². The summed E-state index contributed by atoms with van der Waals surface area (Å²) < 4.78 is 2.07. The van der Waals surface area contributed by atoms with Crippen LogP contribution in [0, 0.1) is 0 Å². The third kappa shape index (κ3) is 1.82. The van der Waals surface area contributed by atoms with Crippen LogP contribution >= 0.6 is 0 Å². The zero-order chi connectivity index (χ0) is 8.97. The first-order valence-corrected chi connectivity index (χ1v) is 4.31. The standard InChI is InChI=1S/C8H16N4/c1-4-7-10-11-8(12(7)3)5-6-9-2/h9H,4-6H2,1-3H3. The summed E-state index contributed by atoms with van der Waals surface area (Å²) in [5.41, 5.74) is 0. The van der Waals surface area contributed by atoms with E-state index in [4.69, 9.17) is 0 Å². The topological polar surface area (TPSA) is 42.7 Å². The van der Waals surface area contributed by atoms with Gasteiger partial charge in [-0.25, -0.2) is 0 Å². The molecule has 1 rings (SSSR count). The average molecular weight is 168 g/mol. The molecule has 0 radical (unpaired) electrons. The molecule has 1 aromatic heterocycles. The number of aromatic nitrogens is 3. The lowest BCUT2D eigenvalue weighted by atomic mass is 10.4. The maximum Gasteiger partial charge on any atom is 0.134 e. The molecule has 0 saturated heterocycles. The molecule has 0 spiro atoms. The van der Waals surface area contributed by atoms with Crippen LogP contribution in [-0.2, 0) is 19.9 Å². The Bertz CT molecular complexity index is 241. The third-order valence-corrected chi connectivity index (χ3v) is 1.97. The summed E-state index contributed by atoms with van der Waals surface area (Å²) in [7, 11) is 3.96. The van der Waals surface area contributed by atoms with Gasteiger partial charge in [0, 0.05) is 26.4 Å². The minimum absolute atomic E-state index is 0.944. The summed E-state index contributed by atoms with van der Waals surface area (Å²) in [6.45, 7) is 3.04. The first kappa shape index (κ1) is 9.19. The van der Waals surface area contributed by atoms with Gasteiger partial charge in [-0.15, -0.1) is 10.2 Å². The molecule has 0 atom stereocenters. The highest BCUT2D eigenvalue weighted by Crippen LogP contribution is 1.99. The molecule has 0 aliphatic carbocycles. The van der Waals surface area contributed by atoms with E-state index in [1.54, 1.807) is 0 Å². The van der Waals surface area contributed by atoms with Crippen LogP contribution in [0.3, 0.4) is 0 Å². The van der Waals surface area contributed by atoms with Crippen LogP contribution in [0.5, 0.6) is 0 Å². The van der Waals surface area contributed by atoms with Crippen molar-refractivity contribution in [3.8, 4) is 0 Å². The molecule has 0 saturated carbocycles. The first-order chi connectivity index (χ1) is 5.79. The van der Waals surface area contributed by atoms with Crippen LogP contribution in [0.2, 0.25) is 0 Å². The molecular formula is C8H16N4. The Morgan fingerprint density at radius 3 is 2.50 bits per heavy atom. The number of hydrogen-bond acceptors (Lipinski definition) is 3. The molecule has 0 aromatic carbocycles. The highest BCUT2D eigenvalue weighted by atomic mass is 15.3. The van der Waals surface area contributed by atoms with Crippen molar-refractivity contribution >= 4 is 0 Å². The highest BCUT2D eigenvalue weighted by Gasteiger charge is 2.04. The Morgan fingerprint density at radius 2 is 2.00 bits per heavy atom. The Balaban J connectivity index is 2.66. The molecule has 1 heterocycles. The fourth-order valence-corrected chi connectivity index (χ4v) is 1.16. The molecular weight excluding hydrogens is 152 g/mol. The van der Waals surface area contributed by atoms with Crippen molar-refractivity contribution in [3.63, 3.8) is 0 Å². The maximum absolute atomic E-state index is 4.10. The van der Waals surface area contributed by atoms with Crippen LogP contribution in [0.25, 0.3) is 0 Å². The molecule has 68 valence electrons. The van der Waals surface area contributed by atoms with Crippen molar-refractivity contribution in [2.75, 3.05) is 13.6 Å². The monoisotopic (exact) mass is 168 g/mol. The third-order valence-electron chi connectivity index (χ3n) is 1.97. The van der Waals surface area contributed by atoms with E-state index >= 15 is 0 Å². The minimum atomic E-state index is 0.944. The predicted octanol–water partition coefficient (Wildman–Crippen LogP) is 0.139. The molecule has 0 unspecified atom stereocenters. The molecule has 1 aromatic rings. The number of aryl methyl sites for hydroxylation is 1. The zero-order valence-electron chi connectivity index (χ0n) is 7.96. The van der Waals surface area contributed by atoms with Crippen LogP contribution in [0.4, 0.5) is 0 Å². The van der Waals surface area contributed by atoms with Crippen molar-refractivity contribution in [3.05, 3.63) is 11.6 Å². The average Bonchev–Trinajstić information content (AvgIpc) is 2.43. The largest absolute Gasteiger partial charge is 0.319 e. The van der Waals surface area contributed by atoms with Gasteiger partial charge in [-0.05, 0) is 7.05 Å². The minimum Gasteiger partial charge on any atom is -0.319 e. The van der Waals surface area contributed by atoms with Gasteiger partial charge >= 0.3 is 0 Å². The smallest absolute Gasteiger partial charge is 0.134 e. The summed E-state index contributed by atoms with van der Waals surface area (Å²) in [6, 6.07) is 0. The van der Waals surface area contributed by atoms with Gasteiger partial charge in [0.15, 0.2) is 0 Å². The van der Waals surface area contributed by atoms with Crippen molar-refractivity contribution in [1.82, 2.24) is 20.1 Å². The fourth-order valence-electron chi connectivity index (χ4n) is 1.16. The summed E-state index contributed by atoms with van der Waals surface area (Å²) in [6.07, 6.45) is 1.89. The van der Waals surface area contributed by atoms with Crippen molar-refractivity contribution < 1.29 is 0 Å². The molecule has 4 nitrogen and oxygen atoms in total. The van der Waals surface area contributed by atoms with E-state index in [0.717, 1.165) is 31.0 Å². The number of likely N-dealkylation sites (N-methyl/N-ethyl adjacent to an activating group) is 1. The normalized spacial score (nSPS) is 10.6. The van der Waals surface area contributed by atoms with E-state index in [9.17, 15) is 0 Å². The van der Waals surface area contributed by atoms with Crippen LogP contribution in [0.15, 0.2) is 0 Å². The highest BCUT2D eigenvalue weighted by molar-refractivity contribution is 4.94. The van der Waals surface area contributed by atoms with Crippen LogP contribution in [0.1, 0.15) is 18.6 Å². The van der Waals surface area contributed by atoms with Gasteiger partial charge in [0.2, 0.25) is 0 Å². The number of hydrogen-bond donors (Lipinski definition) is 1. The molecule has 12 heavy (non-hydrogen) atoms. The quantitative estimate of drug-likeness (QED) is 0.695. The SMILES string of the molecule is CCc1nnc(CCNC)n1C. The lowest BCUT2D eigenvalue weighted by Gasteiger charge is -2.01. The summed E-state index contributed by atoms with van der Waals surface area (Å²) >= 11 is 0. The number of rotatable bonds is 4. The fraction of sp³-hybridized carbons (Fsp3) is 0.750. The summed E-state index contributed by atoms with van der Waals surface area (Å²) in [4.78, 5) is 0. The van der Waals surface area contributed by atoms with E-state index in [0.29, 0.717) is 0 Å². The summed E-state index contributed by atoms with van der Waals surface area (Å²) in [5.74, 6) is 2.11. The van der Waals surface area contributed by atoms with Gasteiger partial charge in [-0.3, -0.25) is 0 Å². The lowest BCUT2D eigenvalue weighted by Crippen LogP contribution is -2.13. The van der Waals surface area contributed by atoms with Crippen molar-refractivity contribution in [2.45, 2.75) is 19.8 Å². The molecule has 0 aliphatic rings. The number of nitrogens with one attached hydrogen (secondary N) is 1. The molecule has 1 N–H and O–H groups in total. The van der Waals surface area contributed by atoms with Gasteiger partial charge < -0.3 is 9.88 Å². The molecule has 4 heteroatoms. The van der Waals surface area contributed by atoms with Crippen LogP contribution < -0.4 is 5.32 Å². The van der Waals surface area contributed by atoms with E-state index < -0.39 is 0 Å². The zero-order valence-corrected chi connectivity index (χ0v) is 7.96. The molecule has 0 aliphatic heterocycles. The van der Waals surface area contributed by atoms with Gasteiger partial charge in [0.1, 0.15) is 11.6 Å². The summed E-state index contributed by atoms with van der Waals surface area (Å²) in [5, 5.41) is 11.3.